The van der Waals surface area contributed by atoms with Gasteiger partial charge in [0.25, 0.3) is 0 Å². The number of para-hydroxylation sites is 2. The Bertz CT molecular complexity index is 981. The van der Waals surface area contributed by atoms with E-state index >= 15 is 0 Å². The van der Waals surface area contributed by atoms with Gasteiger partial charge in [-0.05, 0) is 42.3 Å². The first kappa shape index (κ1) is 20.9. The first-order valence-corrected chi connectivity index (χ1v) is 10.9. The summed E-state index contributed by atoms with van der Waals surface area (Å²) >= 11 is 0. The Balaban J connectivity index is 1.28. The molecule has 0 aliphatic carbocycles. The first-order chi connectivity index (χ1) is 15.2. The second kappa shape index (κ2) is 10.1. The van der Waals surface area contributed by atoms with Crippen molar-refractivity contribution in [3.63, 3.8) is 0 Å². The standard InChI is InChI=1S/C26H29N3O2/c1-2-31-25-11-7-6-10-24(25)29-18-16-28(17-19-29)20-26(30)27-23-14-12-22(13-15-23)21-8-4-3-5-9-21/h3-15H,2,16-20H2,1H3,(H,27,30). The number of ether oxygens (including phenoxy) is 1. The van der Waals surface area contributed by atoms with Crippen molar-refractivity contribution >= 4 is 17.3 Å². The quantitative estimate of drug-likeness (QED) is 0.617. The Morgan fingerprint density at radius 3 is 2.19 bits per heavy atom. The second-order valence-electron chi connectivity index (χ2n) is 7.66. The zero-order valence-corrected chi connectivity index (χ0v) is 18.0. The van der Waals surface area contributed by atoms with Crippen LogP contribution in [0.4, 0.5) is 11.4 Å². The summed E-state index contributed by atoms with van der Waals surface area (Å²) in [6.07, 6.45) is 0. The molecule has 0 saturated carbocycles. The highest BCUT2D eigenvalue weighted by molar-refractivity contribution is 5.92. The lowest BCUT2D eigenvalue weighted by Gasteiger charge is -2.36. The molecule has 1 saturated heterocycles. The van der Waals surface area contributed by atoms with Crippen molar-refractivity contribution < 1.29 is 9.53 Å². The number of hydrogen-bond acceptors (Lipinski definition) is 4. The van der Waals surface area contributed by atoms with Crippen LogP contribution >= 0.6 is 0 Å². The van der Waals surface area contributed by atoms with E-state index in [1.165, 1.54) is 5.56 Å². The number of amides is 1. The van der Waals surface area contributed by atoms with Gasteiger partial charge in [-0.15, -0.1) is 0 Å². The number of benzene rings is 3. The molecule has 4 rings (SSSR count). The van der Waals surface area contributed by atoms with Crippen LogP contribution in [0.1, 0.15) is 6.92 Å². The predicted octanol–water partition coefficient (Wildman–Crippen LogP) is 4.51. The molecule has 0 unspecified atom stereocenters. The van der Waals surface area contributed by atoms with Gasteiger partial charge in [-0.2, -0.15) is 0 Å². The summed E-state index contributed by atoms with van der Waals surface area (Å²) in [5.74, 6) is 0.950. The summed E-state index contributed by atoms with van der Waals surface area (Å²) in [4.78, 5) is 17.1. The lowest BCUT2D eigenvalue weighted by molar-refractivity contribution is -0.117. The van der Waals surface area contributed by atoms with Gasteiger partial charge in [-0.1, -0.05) is 54.6 Å². The van der Waals surface area contributed by atoms with Crippen LogP contribution in [0.3, 0.4) is 0 Å². The van der Waals surface area contributed by atoms with E-state index in [4.69, 9.17) is 4.74 Å². The fourth-order valence-electron chi connectivity index (χ4n) is 3.92. The van der Waals surface area contributed by atoms with E-state index in [9.17, 15) is 4.79 Å². The lowest BCUT2D eigenvalue weighted by atomic mass is 10.1. The molecule has 0 atom stereocenters. The van der Waals surface area contributed by atoms with Crippen molar-refractivity contribution in [1.82, 2.24) is 4.90 Å². The second-order valence-corrected chi connectivity index (χ2v) is 7.66. The summed E-state index contributed by atoms with van der Waals surface area (Å²) in [7, 11) is 0. The highest BCUT2D eigenvalue weighted by Gasteiger charge is 2.21. The predicted molar refractivity (Wildman–Crippen MR) is 127 cm³/mol. The fourth-order valence-corrected chi connectivity index (χ4v) is 3.92. The molecule has 0 aromatic heterocycles. The summed E-state index contributed by atoms with van der Waals surface area (Å²) < 4.78 is 5.77. The highest BCUT2D eigenvalue weighted by Crippen LogP contribution is 2.28. The molecule has 1 heterocycles. The topological polar surface area (TPSA) is 44.8 Å². The van der Waals surface area contributed by atoms with Gasteiger partial charge < -0.3 is 15.0 Å². The van der Waals surface area contributed by atoms with Gasteiger partial charge in [-0.3, -0.25) is 9.69 Å². The van der Waals surface area contributed by atoms with E-state index < -0.39 is 0 Å². The maximum Gasteiger partial charge on any atom is 0.238 e. The molecule has 1 N–H and O–H groups in total. The Morgan fingerprint density at radius 2 is 1.48 bits per heavy atom. The molecule has 1 aliphatic rings. The van der Waals surface area contributed by atoms with Crippen LogP contribution in [0, 0.1) is 0 Å². The third-order valence-electron chi connectivity index (χ3n) is 5.52. The number of piperazine rings is 1. The summed E-state index contributed by atoms with van der Waals surface area (Å²) in [6.45, 7) is 6.52. The van der Waals surface area contributed by atoms with Crippen LogP contribution < -0.4 is 15.0 Å². The number of hydrogen-bond donors (Lipinski definition) is 1. The maximum absolute atomic E-state index is 12.5. The Morgan fingerprint density at radius 1 is 0.839 bits per heavy atom. The first-order valence-electron chi connectivity index (χ1n) is 10.9. The van der Waals surface area contributed by atoms with Crippen molar-refractivity contribution in [2.45, 2.75) is 6.92 Å². The minimum Gasteiger partial charge on any atom is -0.492 e. The average molecular weight is 416 g/mol. The average Bonchev–Trinajstić information content (AvgIpc) is 2.81. The maximum atomic E-state index is 12.5. The van der Waals surface area contributed by atoms with E-state index in [2.05, 4.69) is 33.3 Å². The Hall–Kier alpha value is -3.31. The van der Waals surface area contributed by atoms with Crippen molar-refractivity contribution in [3.8, 4) is 16.9 Å². The summed E-state index contributed by atoms with van der Waals surface area (Å²) in [6, 6.07) is 26.4. The highest BCUT2D eigenvalue weighted by atomic mass is 16.5. The monoisotopic (exact) mass is 415 g/mol. The molecule has 31 heavy (non-hydrogen) atoms. The third kappa shape index (κ3) is 5.44. The van der Waals surface area contributed by atoms with Gasteiger partial charge in [0, 0.05) is 31.9 Å². The van der Waals surface area contributed by atoms with E-state index in [0.29, 0.717) is 13.2 Å². The van der Waals surface area contributed by atoms with Gasteiger partial charge >= 0.3 is 0 Å². The lowest BCUT2D eigenvalue weighted by Crippen LogP contribution is -2.48. The van der Waals surface area contributed by atoms with Crippen molar-refractivity contribution in [3.05, 3.63) is 78.9 Å². The molecular weight excluding hydrogens is 386 g/mol. The molecule has 0 spiro atoms. The fraction of sp³-hybridized carbons (Fsp3) is 0.269. The van der Waals surface area contributed by atoms with E-state index in [1.807, 2.05) is 67.6 Å². The van der Waals surface area contributed by atoms with E-state index in [0.717, 1.165) is 48.9 Å². The molecule has 0 radical (unpaired) electrons. The zero-order valence-electron chi connectivity index (χ0n) is 18.0. The number of rotatable bonds is 7. The van der Waals surface area contributed by atoms with Crippen molar-refractivity contribution in [2.24, 2.45) is 0 Å². The van der Waals surface area contributed by atoms with Crippen LogP contribution in [0.5, 0.6) is 5.75 Å². The van der Waals surface area contributed by atoms with Gasteiger partial charge in [0.15, 0.2) is 0 Å². The van der Waals surface area contributed by atoms with Crippen LogP contribution in [0.25, 0.3) is 11.1 Å². The summed E-state index contributed by atoms with van der Waals surface area (Å²) in [5, 5.41) is 3.02. The van der Waals surface area contributed by atoms with Crippen molar-refractivity contribution in [1.29, 1.82) is 0 Å². The molecule has 1 amide bonds. The van der Waals surface area contributed by atoms with Crippen LogP contribution in [0.2, 0.25) is 0 Å². The molecule has 1 fully saturated rings. The largest absolute Gasteiger partial charge is 0.492 e. The van der Waals surface area contributed by atoms with Gasteiger partial charge in [0.2, 0.25) is 5.91 Å². The van der Waals surface area contributed by atoms with E-state index in [-0.39, 0.29) is 5.91 Å². The smallest absolute Gasteiger partial charge is 0.238 e. The van der Waals surface area contributed by atoms with Crippen molar-refractivity contribution in [2.75, 3.05) is 49.5 Å². The minimum absolute atomic E-state index is 0.0237. The number of nitrogens with zero attached hydrogens (tertiary/aromatic N) is 2. The third-order valence-corrected chi connectivity index (χ3v) is 5.52. The molecule has 3 aromatic carbocycles. The summed E-state index contributed by atoms with van der Waals surface area (Å²) in [5.41, 5.74) is 4.27. The molecule has 0 bridgehead atoms. The van der Waals surface area contributed by atoms with Crippen LogP contribution in [0.15, 0.2) is 78.9 Å². The zero-order chi connectivity index (χ0) is 21.5. The Labute approximate surface area is 184 Å². The van der Waals surface area contributed by atoms with E-state index in [1.54, 1.807) is 0 Å². The number of carbonyl (C=O) groups is 1. The van der Waals surface area contributed by atoms with Crippen LogP contribution in [-0.2, 0) is 4.79 Å². The number of carbonyl (C=O) groups excluding carboxylic acids is 1. The molecule has 5 heteroatoms. The Kier molecular flexibility index (Phi) is 6.85. The molecule has 3 aromatic rings. The SMILES string of the molecule is CCOc1ccccc1N1CCN(CC(=O)Nc2ccc(-c3ccccc3)cc2)CC1. The number of anilines is 2. The van der Waals surface area contributed by atoms with Gasteiger partial charge in [0.1, 0.15) is 5.75 Å². The molecule has 1 aliphatic heterocycles. The number of nitrogens with one attached hydrogen (secondary N) is 1. The molecule has 5 nitrogen and oxygen atoms in total. The molecular formula is C26H29N3O2. The van der Waals surface area contributed by atoms with Gasteiger partial charge in [0.05, 0.1) is 18.8 Å². The molecule has 160 valence electrons. The minimum atomic E-state index is 0.0237. The van der Waals surface area contributed by atoms with Crippen LogP contribution in [-0.4, -0.2) is 50.1 Å². The normalized spacial score (nSPS) is 14.3. The van der Waals surface area contributed by atoms with Gasteiger partial charge in [-0.25, -0.2) is 0 Å².